The van der Waals surface area contributed by atoms with Gasteiger partial charge in [-0.1, -0.05) is 26.8 Å². The molecule has 8 nitrogen and oxygen atoms in total. The van der Waals surface area contributed by atoms with Crippen molar-refractivity contribution in [3.63, 3.8) is 0 Å². The smallest absolute Gasteiger partial charge is 0.270 e. The summed E-state index contributed by atoms with van der Waals surface area (Å²) in [5.41, 5.74) is -0.679. The van der Waals surface area contributed by atoms with Crippen LogP contribution in [0.5, 0.6) is 0 Å². The summed E-state index contributed by atoms with van der Waals surface area (Å²) in [5, 5.41) is 10.8. The third-order valence-electron chi connectivity index (χ3n) is 4.20. The molecule has 0 amide bonds. The van der Waals surface area contributed by atoms with Crippen LogP contribution in [0.4, 0.5) is 5.69 Å². The van der Waals surface area contributed by atoms with Gasteiger partial charge in [0.25, 0.3) is 5.69 Å². The molecule has 1 aliphatic rings. The van der Waals surface area contributed by atoms with Crippen molar-refractivity contribution in [3.8, 4) is 0 Å². The van der Waals surface area contributed by atoms with Crippen molar-refractivity contribution >= 4 is 21.5 Å². The Balaban J connectivity index is 2.05. The van der Waals surface area contributed by atoms with E-state index in [0.717, 1.165) is 6.07 Å². The van der Waals surface area contributed by atoms with Crippen LogP contribution in [0, 0.1) is 15.5 Å². The van der Waals surface area contributed by atoms with Gasteiger partial charge < -0.3 is 0 Å². The third-order valence-corrected chi connectivity index (χ3v) is 6.10. The molecule has 2 rings (SSSR count). The van der Waals surface area contributed by atoms with Crippen molar-refractivity contribution in [3.05, 3.63) is 34.4 Å². The third kappa shape index (κ3) is 4.62. The zero-order chi connectivity index (χ0) is 18.8. The van der Waals surface area contributed by atoms with Gasteiger partial charge in [-0.15, -0.1) is 0 Å². The minimum Gasteiger partial charge on any atom is -0.298 e. The average Bonchev–Trinajstić information content (AvgIpc) is 2.54. The maximum Gasteiger partial charge on any atom is 0.270 e. The molecule has 0 unspecified atom stereocenters. The molecule has 0 aliphatic carbocycles. The number of carbonyl (C=O) groups excluding carboxylic acids is 1. The number of piperazine rings is 1. The monoisotopic (exact) mass is 369 g/mol. The van der Waals surface area contributed by atoms with E-state index in [9.17, 15) is 23.3 Å². The van der Waals surface area contributed by atoms with Gasteiger partial charge in [-0.2, -0.15) is 4.31 Å². The van der Waals surface area contributed by atoms with E-state index in [1.54, 1.807) is 0 Å². The second-order valence-corrected chi connectivity index (χ2v) is 9.05. The van der Waals surface area contributed by atoms with E-state index < -0.39 is 20.4 Å². The summed E-state index contributed by atoms with van der Waals surface area (Å²) < 4.78 is 26.6. The first kappa shape index (κ1) is 19.5. The SMILES string of the molecule is CC(C)(C)C(=O)CN1CCN(S(=O)(=O)c2cccc([N+](=O)[O-])c2)CC1. The van der Waals surface area contributed by atoms with Gasteiger partial charge in [0.05, 0.1) is 16.4 Å². The summed E-state index contributed by atoms with van der Waals surface area (Å²) in [4.78, 5) is 24.2. The molecule has 0 spiro atoms. The van der Waals surface area contributed by atoms with E-state index in [0.29, 0.717) is 19.6 Å². The number of nitrogens with zero attached hydrogens (tertiary/aromatic N) is 3. The van der Waals surface area contributed by atoms with Crippen LogP contribution >= 0.6 is 0 Å². The van der Waals surface area contributed by atoms with Crippen LogP contribution in [-0.2, 0) is 14.8 Å². The molecule has 0 radical (unpaired) electrons. The summed E-state index contributed by atoms with van der Waals surface area (Å²) in [6.45, 7) is 7.29. The van der Waals surface area contributed by atoms with Gasteiger partial charge >= 0.3 is 0 Å². The normalized spacial score (nSPS) is 17.4. The summed E-state index contributed by atoms with van der Waals surface area (Å²) in [5.74, 6) is 0.113. The lowest BCUT2D eigenvalue weighted by atomic mass is 9.90. The van der Waals surface area contributed by atoms with Crippen molar-refractivity contribution in [2.24, 2.45) is 5.41 Å². The maximum atomic E-state index is 12.7. The molecule has 0 N–H and O–H groups in total. The predicted molar refractivity (Wildman–Crippen MR) is 92.8 cm³/mol. The number of benzene rings is 1. The van der Waals surface area contributed by atoms with Gasteiger partial charge in [-0.25, -0.2) is 8.42 Å². The highest BCUT2D eigenvalue weighted by atomic mass is 32.2. The standard InChI is InChI=1S/C16H23N3O5S/c1-16(2,3)15(20)12-17-7-9-18(10-8-17)25(23,24)14-6-4-5-13(11-14)19(21)22/h4-6,11H,7-10,12H2,1-3H3. The van der Waals surface area contributed by atoms with Gasteiger partial charge in [-0.05, 0) is 6.07 Å². The highest BCUT2D eigenvalue weighted by Crippen LogP contribution is 2.22. The van der Waals surface area contributed by atoms with Crippen LogP contribution in [0.3, 0.4) is 0 Å². The van der Waals surface area contributed by atoms with Gasteiger partial charge in [-0.3, -0.25) is 19.8 Å². The number of Topliss-reactive ketones (excluding diaryl/α,β-unsaturated/α-hetero) is 1. The quantitative estimate of drug-likeness (QED) is 0.576. The molecular formula is C16H23N3O5S. The Morgan fingerprint density at radius 3 is 2.32 bits per heavy atom. The number of carbonyl (C=O) groups is 1. The number of hydrogen-bond donors (Lipinski definition) is 0. The highest BCUT2D eigenvalue weighted by Gasteiger charge is 2.31. The second-order valence-electron chi connectivity index (χ2n) is 7.11. The fourth-order valence-electron chi connectivity index (χ4n) is 2.47. The zero-order valence-corrected chi connectivity index (χ0v) is 15.5. The Morgan fingerprint density at radius 2 is 1.80 bits per heavy atom. The van der Waals surface area contributed by atoms with E-state index in [-0.39, 0.29) is 29.5 Å². The van der Waals surface area contributed by atoms with Crippen LogP contribution in [0.2, 0.25) is 0 Å². The first-order valence-electron chi connectivity index (χ1n) is 8.02. The van der Waals surface area contributed by atoms with Crippen molar-refractivity contribution in [1.82, 2.24) is 9.21 Å². The fourth-order valence-corrected chi connectivity index (χ4v) is 3.94. The summed E-state index contributed by atoms with van der Waals surface area (Å²) in [6.07, 6.45) is 0. The van der Waals surface area contributed by atoms with Gasteiger partial charge in [0.1, 0.15) is 0 Å². The van der Waals surface area contributed by atoms with Crippen LogP contribution in [0.1, 0.15) is 20.8 Å². The van der Waals surface area contributed by atoms with E-state index in [4.69, 9.17) is 0 Å². The minimum atomic E-state index is -3.78. The average molecular weight is 369 g/mol. The number of nitro benzene ring substituents is 1. The molecule has 1 aromatic carbocycles. The first-order valence-corrected chi connectivity index (χ1v) is 9.46. The number of rotatable bonds is 5. The lowest BCUT2D eigenvalue weighted by Crippen LogP contribution is -2.50. The van der Waals surface area contributed by atoms with Crippen molar-refractivity contribution < 1.29 is 18.1 Å². The number of sulfonamides is 1. The van der Waals surface area contributed by atoms with Crippen LogP contribution in [0.25, 0.3) is 0 Å². The van der Waals surface area contributed by atoms with E-state index in [1.165, 1.54) is 22.5 Å². The summed E-state index contributed by atoms with van der Waals surface area (Å²) in [6, 6.07) is 5.06. The van der Waals surface area contributed by atoms with Crippen molar-refractivity contribution in [2.45, 2.75) is 25.7 Å². The Labute approximate surface area is 147 Å². The van der Waals surface area contributed by atoms with E-state index >= 15 is 0 Å². The molecule has 0 saturated carbocycles. The molecule has 1 saturated heterocycles. The number of hydrogen-bond acceptors (Lipinski definition) is 6. The van der Waals surface area contributed by atoms with Gasteiger partial charge in [0.2, 0.25) is 10.0 Å². The molecule has 0 atom stereocenters. The molecule has 1 fully saturated rings. The summed E-state index contributed by atoms with van der Waals surface area (Å²) >= 11 is 0. The maximum absolute atomic E-state index is 12.7. The van der Waals surface area contributed by atoms with Gasteiger partial charge in [0.15, 0.2) is 5.78 Å². The lowest BCUT2D eigenvalue weighted by molar-refractivity contribution is -0.385. The fraction of sp³-hybridized carbons (Fsp3) is 0.562. The second kappa shape index (κ2) is 7.19. The van der Waals surface area contributed by atoms with Gasteiger partial charge in [0, 0.05) is 43.7 Å². The number of nitro groups is 1. The number of ketones is 1. The Hall–Kier alpha value is -1.84. The van der Waals surface area contributed by atoms with Crippen LogP contribution in [0.15, 0.2) is 29.2 Å². The van der Waals surface area contributed by atoms with Crippen LogP contribution in [-0.4, -0.2) is 61.1 Å². The molecule has 25 heavy (non-hydrogen) atoms. The van der Waals surface area contributed by atoms with E-state index in [1.807, 2.05) is 25.7 Å². The topological polar surface area (TPSA) is 101 Å². The van der Waals surface area contributed by atoms with Crippen molar-refractivity contribution in [1.29, 1.82) is 0 Å². The predicted octanol–water partition coefficient (Wildman–Crippen LogP) is 1.52. The number of non-ortho nitro benzene ring substituents is 1. The molecule has 1 heterocycles. The minimum absolute atomic E-state index is 0.0825. The molecule has 1 aliphatic heterocycles. The Morgan fingerprint density at radius 1 is 1.20 bits per heavy atom. The molecule has 138 valence electrons. The van der Waals surface area contributed by atoms with E-state index in [2.05, 4.69) is 0 Å². The molecule has 0 bridgehead atoms. The Kier molecular flexibility index (Phi) is 5.60. The largest absolute Gasteiger partial charge is 0.298 e. The Bertz CT molecular complexity index is 762. The highest BCUT2D eigenvalue weighted by molar-refractivity contribution is 7.89. The van der Waals surface area contributed by atoms with Crippen LogP contribution < -0.4 is 0 Å². The van der Waals surface area contributed by atoms with Crippen molar-refractivity contribution in [2.75, 3.05) is 32.7 Å². The molecular weight excluding hydrogens is 346 g/mol. The molecule has 0 aromatic heterocycles. The molecule has 1 aromatic rings. The zero-order valence-electron chi connectivity index (χ0n) is 14.6. The first-order chi connectivity index (χ1) is 11.5. The lowest BCUT2D eigenvalue weighted by Gasteiger charge is -2.34. The summed E-state index contributed by atoms with van der Waals surface area (Å²) in [7, 11) is -3.78. The molecule has 9 heteroatoms.